The molecule has 0 fully saturated rings. The van der Waals surface area contributed by atoms with Crippen LogP contribution in [-0.4, -0.2) is 10.1 Å². The summed E-state index contributed by atoms with van der Waals surface area (Å²) in [6.07, 6.45) is -0.535. The summed E-state index contributed by atoms with van der Waals surface area (Å²) >= 11 is 1.61. The van der Waals surface area contributed by atoms with Crippen LogP contribution < -0.4 is 4.74 Å². The van der Waals surface area contributed by atoms with Gasteiger partial charge in [0.25, 0.3) is 0 Å². The molecule has 0 unspecified atom stereocenters. The van der Waals surface area contributed by atoms with E-state index in [2.05, 4.69) is 31.1 Å². The summed E-state index contributed by atoms with van der Waals surface area (Å²) < 4.78 is 5.80. The van der Waals surface area contributed by atoms with Gasteiger partial charge in [0.2, 0.25) is 0 Å². The molecule has 0 spiro atoms. The summed E-state index contributed by atoms with van der Waals surface area (Å²) in [4.78, 5) is 4.60. The molecule has 108 valence electrons. The lowest BCUT2D eigenvalue weighted by Crippen LogP contribution is -2.11. The van der Waals surface area contributed by atoms with E-state index in [0.717, 1.165) is 22.0 Å². The van der Waals surface area contributed by atoms with E-state index in [4.69, 9.17) is 4.74 Å². The Hall–Kier alpha value is -1.39. The van der Waals surface area contributed by atoms with Crippen LogP contribution in [0.2, 0.25) is 0 Å². The highest BCUT2D eigenvalue weighted by Gasteiger charge is 2.17. The van der Waals surface area contributed by atoms with Gasteiger partial charge in [0.05, 0.1) is 11.8 Å². The van der Waals surface area contributed by atoms with Crippen LogP contribution in [0.25, 0.3) is 0 Å². The minimum Gasteiger partial charge on any atom is -0.486 e. The average Bonchev–Trinajstić information content (AvgIpc) is 2.85. The minimum atomic E-state index is -0.535. The fraction of sp³-hybridized carbons (Fsp3) is 0.438. The van der Waals surface area contributed by atoms with Crippen molar-refractivity contribution in [3.05, 3.63) is 45.9 Å². The van der Waals surface area contributed by atoms with Crippen molar-refractivity contribution in [3.8, 4) is 5.75 Å². The van der Waals surface area contributed by atoms with Crippen LogP contribution in [-0.2, 0) is 12.0 Å². The Labute approximate surface area is 124 Å². The van der Waals surface area contributed by atoms with E-state index in [1.807, 2.05) is 24.3 Å². The normalized spacial score (nSPS) is 13.2. The molecule has 1 atom stereocenters. The van der Waals surface area contributed by atoms with Crippen molar-refractivity contribution in [2.45, 2.75) is 45.8 Å². The molecule has 0 amide bonds. The zero-order valence-corrected chi connectivity index (χ0v) is 13.2. The zero-order chi connectivity index (χ0) is 14.8. The van der Waals surface area contributed by atoms with E-state index in [-0.39, 0.29) is 5.41 Å². The Balaban J connectivity index is 2.08. The highest BCUT2D eigenvalue weighted by Crippen LogP contribution is 2.27. The van der Waals surface area contributed by atoms with Gasteiger partial charge in [-0.2, -0.15) is 0 Å². The number of benzene rings is 1. The monoisotopic (exact) mass is 291 g/mol. The molecule has 20 heavy (non-hydrogen) atoms. The number of aromatic nitrogens is 1. The van der Waals surface area contributed by atoms with Crippen LogP contribution in [0.5, 0.6) is 5.75 Å². The molecule has 0 aliphatic heterocycles. The van der Waals surface area contributed by atoms with E-state index < -0.39 is 6.10 Å². The molecule has 2 rings (SSSR count). The van der Waals surface area contributed by atoms with E-state index in [1.165, 1.54) is 0 Å². The van der Waals surface area contributed by atoms with Gasteiger partial charge in [-0.25, -0.2) is 4.98 Å². The Morgan fingerprint density at radius 3 is 2.60 bits per heavy atom. The first-order valence-corrected chi connectivity index (χ1v) is 7.60. The molecule has 1 N–H and O–H groups in total. The molecule has 0 saturated heterocycles. The van der Waals surface area contributed by atoms with Crippen LogP contribution in [0.15, 0.2) is 29.6 Å². The number of aliphatic hydroxyl groups excluding tert-OH is 1. The van der Waals surface area contributed by atoms with Crippen molar-refractivity contribution >= 4 is 11.3 Å². The smallest absolute Gasteiger partial charge is 0.140 e. The molecule has 3 nitrogen and oxygen atoms in total. The molecule has 0 aliphatic carbocycles. The quantitative estimate of drug-likeness (QED) is 0.923. The number of aliphatic hydroxyl groups is 1. The number of nitrogens with zero attached hydrogens (tertiary/aromatic N) is 1. The highest BCUT2D eigenvalue weighted by molar-refractivity contribution is 7.09. The van der Waals surface area contributed by atoms with Crippen molar-refractivity contribution in [1.29, 1.82) is 0 Å². The largest absolute Gasteiger partial charge is 0.486 e. The fourth-order valence-electron chi connectivity index (χ4n) is 1.82. The molecule has 4 heteroatoms. The molecule has 0 saturated carbocycles. The third-order valence-corrected chi connectivity index (χ3v) is 3.86. The highest BCUT2D eigenvalue weighted by atomic mass is 32.1. The molecule has 1 heterocycles. The van der Waals surface area contributed by atoms with E-state index in [9.17, 15) is 5.11 Å². The number of rotatable bonds is 4. The van der Waals surface area contributed by atoms with E-state index >= 15 is 0 Å². The predicted octanol–water partition coefficient (Wildman–Crippen LogP) is 4.07. The summed E-state index contributed by atoms with van der Waals surface area (Å²) in [7, 11) is 0. The van der Waals surface area contributed by atoms with Gasteiger partial charge < -0.3 is 9.84 Å². The topological polar surface area (TPSA) is 42.4 Å². The number of hydrogen-bond donors (Lipinski definition) is 1. The van der Waals surface area contributed by atoms with Gasteiger partial charge in [0.15, 0.2) is 0 Å². The third kappa shape index (κ3) is 3.58. The maximum Gasteiger partial charge on any atom is 0.140 e. The zero-order valence-electron chi connectivity index (χ0n) is 12.4. The van der Waals surface area contributed by atoms with Crippen LogP contribution in [0.1, 0.15) is 50.1 Å². The van der Waals surface area contributed by atoms with Gasteiger partial charge in [-0.05, 0) is 13.0 Å². The Morgan fingerprint density at radius 1 is 1.30 bits per heavy atom. The van der Waals surface area contributed by atoms with E-state index in [0.29, 0.717) is 6.61 Å². The van der Waals surface area contributed by atoms with Crippen LogP contribution in [0.3, 0.4) is 0 Å². The second kappa shape index (κ2) is 5.94. The van der Waals surface area contributed by atoms with Crippen molar-refractivity contribution in [1.82, 2.24) is 4.98 Å². The standard InChI is InChI=1S/C16H21NO2S/c1-11(18)12-7-5-6-8-13(12)19-9-15-17-14(10-20-15)16(2,3)4/h5-8,10-11,18H,9H2,1-4H3/t11-/m0/s1. The SMILES string of the molecule is C[C@H](O)c1ccccc1OCc1nc(C(C)(C)C)cs1. The first kappa shape index (κ1) is 15.0. The van der Waals surface area contributed by atoms with Gasteiger partial charge in [0.1, 0.15) is 17.4 Å². The number of hydrogen-bond acceptors (Lipinski definition) is 4. The lowest BCUT2D eigenvalue weighted by molar-refractivity contribution is 0.190. The molecular formula is C16H21NO2S. The van der Waals surface area contributed by atoms with Gasteiger partial charge in [-0.1, -0.05) is 39.0 Å². The summed E-state index contributed by atoms with van der Waals surface area (Å²) in [6, 6.07) is 7.56. The minimum absolute atomic E-state index is 0.0618. The molecule has 1 aromatic carbocycles. The molecule has 1 aromatic heterocycles. The van der Waals surface area contributed by atoms with Crippen LogP contribution in [0.4, 0.5) is 0 Å². The van der Waals surface area contributed by atoms with Crippen molar-refractivity contribution < 1.29 is 9.84 Å². The molecule has 0 aliphatic rings. The fourth-order valence-corrected chi connectivity index (χ4v) is 2.75. The Bertz CT molecular complexity index is 570. The van der Waals surface area contributed by atoms with Crippen LogP contribution >= 0.6 is 11.3 Å². The number of para-hydroxylation sites is 1. The maximum absolute atomic E-state index is 9.72. The lowest BCUT2D eigenvalue weighted by atomic mass is 9.93. The molecular weight excluding hydrogens is 270 g/mol. The first-order chi connectivity index (χ1) is 9.38. The van der Waals surface area contributed by atoms with Crippen LogP contribution in [0, 0.1) is 0 Å². The number of ether oxygens (including phenoxy) is 1. The van der Waals surface area contributed by atoms with Gasteiger partial charge in [-0.15, -0.1) is 11.3 Å². The second-order valence-electron chi connectivity index (χ2n) is 5.88. The second-order valence-corrected chi connectivity index (χ2v) is 6.82. The summed E-state index contributed by atoms with van der Waals surface area (Å²) in [6.45, 7) is 8.62. The third-order valence-electron chi connectivity index (χ3n) is 3.04. The maximum atomic E-state index is 9.72. The first-order valence-electron chi connectivity index (χ1n) is 6.72. The Kier molecular flexibility index (Phi) is 4.45. The van der Waals surface area contributed by atoms with Crippen molar-refractivity contribution in [2.75, 3.05) is 0 Å². The number of thiazole rings is 1. The molecule has 2 aromatic rings. The summed E-state index contributed by atoms with van der Waals surface area (Å²) in [5.41, 5.74) is 1.96. The van der Waals surface area contributed by atoms with Crippen molar-refractivity contribution in [2.24, 2.45) is 0 Å². The molecule has 0 bridgehead atoms. The van der Waals surface area contributed by atoms with E-state index in [1.54, 1.807) is 18.3 Å². The predicted molar refractivity (Wildman–Crippen MR) is 82.2 cm³/mol. The summed E-state index contributed by atoms with van der Waals surface area (Å²) in [5.74, 6) is 0.718. The lowest BCUT2D eigenvalue weighted by Gasteiger charge is -2.14. The molecule has 0 radical (unpaired) electrons. The van der Waals surface area contributed by atoms with Gasteiger partial charge in [-0.3, -0.25) is 0 Å². The van der Waals surface area contributed by atoms with Crippen molar-refractivity contribution in [3.63, 3.8) is 0 Å². The van der Waals surface area contributed by atoms with Gasteiger partial charge >= 0.3 is 0 Å². The Morgan fingerprint density at radius 2 is 2.00 bits per heavy atom. The summed E-state index contributed by atoms with van der Waals surface area (Å²) in [5, 5.41) is 12.8. The van der Waals surface area contributed by atoms with Gasteiger partial charge in [0, 0.05) is 16.4 Å². The average molecular weight is 291 g/mol.